The number of likely N-dealkylation sites (tertiary alicyclic amines) is 1. The van der Waals surface area contributed by atoms with Crippen molar-refractivity contribution in [2.24, 2.45) is 0 Å². The lowest BCUT2D eigenvalue weighted by atomic mass is 10.0. The SMILES string of the molecule is CC(C)N1C[C@@]2(CCN(Cc3ccccn3)C2)Oc2ccccc2S1(=O)=O. The number of ether oxygens (including phenoxy) is 1. The summed E-state index contributed by atoms with van der Waals surface area (Å²) in [6, 6.07) is 12.8. The number of fused-ring (bicyclic) bond motifs is 1. The summed E-state index contributed by atoms with van der Waals surface area (Å²) >= 11 is 0. The molecule has 0 aliphatic carbocycles. The third-order valence-electron chi connectivity index (χ3n) is 5.29. The molecule has 3 heterocycles. The van der Waals surface area contributed by atoms with Crippen LogP contribution in [0.5, 0.6) is 5.75 Å². The summed E-state index contributed by atoms with van der Waals surface area (Å²) in [5.41, 5.74) is 0.468. The first kappa shape index (κ1) is 18.4. The molecule has 0 amide bonds. The molecule has 1 aromatic heterocycles. The maximum absolute atomic E-state index is 13.2. The van der Waals surface area contributed by atoms with E-state index in [0.717, 1.165) is 25.2 Å². The average molecular weight is 388 g/mol. The molecule has 144 valence electrons. The van der Waals surface area contributed by atoms with Crippen LogP contribution in [0.4, 0.5) is 0 Å². The smallest absolute Gasteiger partial charge is 0.247 e. The molecule has 1 spiro atoms. The molecule has 1 atom stereocenters. The van der Waals surface area contributed by atoms with Crippen LogP contribution in [0.2, 0.25) is 0 Å². The number of benzene rings is 1. The van der Waals surface area contributed by atoms with E-state index in [0.29, 0.717) is 18.8 Å². The van der Waals surface area contributed by atoms with Crippen molar-refractivity contribution in [2.45, 2.75) is 43.4 Å². The zero-order chi connectivity index (χ0) is 19.1. The van der Waals surface area contributed by atoms with Crippen LogP contribution < -0.4 is 4.74 Å². The van der Waals surface area contributed by atoms with Gasteiger partial charge < -0.3 is 4.74 Å². The second kappa shape index (κ2) is 6.89. The maximum Gasteiger partial charge on any atom is 0.247 e. The standard InChI is InChI=1S/C20H25N3O3S/c1-16(2)23-15-20(26-18-8-3-4-9-19(18)27(23,24)25)10-12-22(14-20)13-17-7-5-6-11-21-17/h3-9,11,16H,10,12-15H2,1-2H3/t20-/m0/s1. The van der Waals surface area contributed by atoms with E-state index in [1.54, 1.807) is 28.7 Å². The van der Waals surface area contributed by atoms with Crippen LogP contribution in [0.25, 0.3) is 0 Å². The quantitative estimate of drug-likeness (QED) is 0.810. The van der Waals surface area contributed by atoms with Crippen LogP contribution >= 0.6 is 0 Å². The van der Waals surface area contributed by atoms with E-state index < -0.39 is 15.6 Å². The molecule has 7 heteroatoms. The van der Waals surface area contributed by atoms with Gasteiger partial charge >= 0.3 is 0 Å². The van der Waals surface area contributed by atoms with Gasteiger partial charge in [-0.15, -0.1) is 0 Å². The normalized spacial score (nSPS) is 25.3. The lowest BCUT2D eigenvalue weighted by Gasteiger charge is -2.33. The Kier molecular flexibility index (Phi) is 4.70. The highest BCUT2D eigenvalue weighted by molar-refractivity contribution is 7.89. The zero-order valence-electron chi connectivity index (χ0n) is 15.7. The van der Waals surface area contributed by atoms with Gasteiger partial charge in [0.25, 0.3) is 0 Å². The summed E-state index contributed by atoms with van der Waals surface area (Å²) < 4.78 is 34.4. The molecule has 2 aromatic rings. The largest absolute Gasteiger partial charge is 0.483 e. The summed E-state index contributed by atoms with van der Waals surface area (Å²) in [7, 11) is -3.58. The lowest BCUT2D eigenvalue weighted by Crippen LogP contribution is -2.51. The molecular weight excluding hydrogens is 362 g/mol. The molecule has 0 bridgehead atoms. The second-order valence-electron chi connectivity index (χ2n) is 7.66. The number of aromatic nitrogens is 1. The molecule has 2 aliphatic rings. The fraction of sp³-hybridized carbons (Fsp3) is 0.450. The number of para-hydroxylation sites is 1. The van der Waals surface area contributed by atoms with Gasteiger partial charge in [0, 0.05) is 38.3 Å². The topological polar surface area (TPSA) is 62.7 Å². The van der Waals surface area contributed by atoms with E-state index in [1.165, 1.54) is 0 Å². The van der Waals surface area contributed by atoms with Gasteiger partial charge in [-0.1, -0.05) is 18.2 Å². The summed E-state index contributed by atoms with van der Waals surface area (Å²) in [5, 5.41) is 0. The van der Waals surface area contributed by atoms with E-state index in [4.69, 9.17) is 4.74 Å². The first-order valence-corrected chi connectivity index (χ1v) is 10.8. The zero-order valence-corrected chi connectivity index (χ0v) is 16.5. The summed E-state index contributed by atoms with van der Waals surface area (Å²) in [6.07, 6.45) is 2.58. The van der Waals surface area contributed by atoms with Gasteiger partial charge in [-0.05, 0) is 38.1 Å². The van der Waals surface area contributed by atoms with Gasteiger partial charge in [-0.3, -0.25) is 9.88 Å². The van der Waals surface area contributed by atoms with Crippen molar-refractivity contribution in [3.8, 4) is 5.75 Å². The molecule has 1 saturated heterocycles. The number of pyridine rings is 1. The number of sulfonamides is 1. The minimum Gasteiger partial charge on any atom is -0.483 e. The molecule has 0 unspecified atom stereocenters. The monoisotopic (exact) mass is 387 g/mol. The highest BCUT2D eigenvalue weighted by atomic mass is 32.2. The number of hydrogen-bond donors (Lipinski definition) is 0. The van der Waals surface area contributed by atoms with Crippen LogP contribution in [-0.2, 0) is 16.6 Å². The molecule has 1 aromatic carbocycles. The van der Waals surface area contributed by atoms with Crippen molar-refractivity contribution < 1.29 is 13.2 Å². The Morgan fingerprint density at radius 3 is 2.67 bits per heavy atom. The van der Waals surface area contributed by atoms with E-state index in [1.807, 2.05) is 38.1 Å². The Bertz CT molecular complexity index is 917. The van der Waals surface area contributed by atoms with Crippen molar-refractivity contribution in [2.75, 3.05) is 19.6 Å². The van der Waals surface area contributed by atoms with Crippen LogP contribution in [0.15, 0.2) is 53.6 Å². The van der Waals surface area contributed by atoms with Crippen molar-refractivity contribution in [3.63, 3.8) is 0 Å². The lowest BCUT2D eigenvalue weighted by molar-refractivity contribution is 0.0531. The molecule has 0 radical (unpaired) electrons. The Balaban J connectivity index is 1.66. The highest BCUT2D eigenvalue weighted by Gasteiger charge is 2.48. The van der Waals surface area contributed by atoms with E-state index in [2.05, 4.69) is 9.88 Å². The van der Waals surface area contributed by atoms with E-state index >= 15 is 0 Å². The molecule has 1 fully saturated rings. The minimum atomic E-state index is -3.58. The number of nitrogens with zero attached hydrogens (tertiary/aromatic N) is 3. The predicted octanol–water partition coefficient (Wildman–Crippen LogP) is 2.52. The number of hydrogen-bond acceptors (Lipinski definition) is 5. The Morgan fingerprint density at radius 2 is 1.93 bits per heavy atom. The van der Waals surface area contributed by atoms with Gasteiger partial charge in [0.15, 0.2) is 0 Å². The molecule has 4 rings (SSSR count). The first-order valence-electron chi connectivity index (χ1n) is 9.32. The van der Waals surface area contributed by atoms with Gasteiger partial charge in [0.2, 0.25) is 10.0 Å². The molecule has 0 N–H and O–H groups in total. The second-order valence-corrected chi connectivity index (χ2v) is 9.52. The van der Waals surface area contributed by atoms with Crippen molar-refractivity contribution in [3.05, 3.63) is 54.4 Å². The van der Waals surface area contributed by atoms with Crippen LogP contribution in [0.1, 0.15) is 26.0 Å². The van der Waals surface area contributed by atoms with Crippen LogP contribution in [0, 0.1) is 0 Å². The summed E-state index contributed by atoms with van der Waals surface area (Å²) in [4.78, 5) is 6.96. The minimum absolute atomic E-state index is 0.133. The summed E-state index contributed by atoms with van der Waals surface area (Å²) in [5.74, 6) is 0.459. The van der Waals surface area contributed by atoms with E-state index in [9.17, 15) is 8.42 Å². The van der Waals surface area contributed by atoms with Crippen molar-refractivity contribution >= 4 is 10.0 Å². The van der Waals surface area contributed by atoms with Crippen LogP contribution in [0.3, 0.4) is 0 Å². The fourth-order valence-corrected chi connectivity index (χ4v) is 5.79. The average Bonchev–Trinajstić information content (AvgIpc) is 2.98. The molecule has 2 aliphatic heterocycles. The Hall–Kier alpha value is -1.96. The Morgan fingerprint density at radius 1 is 1.15 bits per heavy atom. The highest BCUT2D eigenvalue weighted by Crippen LogP contribution is 2.39. The molecule has 0 saturated carbocycles. The van der Waals surface area contributed by atoms with Gasteiger partial charge in [0.05, 0.1) is 12.2 Å². The first-order chi connectivity index (χ1) is 12.9. The summed E-state index contributed by atoms with van der Waals surface area (Å²) in [6.45, 7) is 6.46. The third kappa shape index (κ3) is 3.47. The molecule has 27 heavy (non-hydrogen) atoms. The third-order valence-corrected chi connectivity index (χ3v) is 7.35. The number of rotatable bonds is 3. The van der Waals surface area contributed by atoms with Gasteiger partial charge in [-0.25, -0.2) is 8.42 Å². The van der Waals surface area contributed by atoms with Crippen molar-refractivity contribution in [1.82, 2.24) is 14.2 Å². The van der Waals surface area contributed by atoms with Crippen molar-refractivity contribution in [1.29, 1.82) is 0 Å². The maximum atomic E-state index is 13.2. The Labute approximate surface area is 160 Å². The molecular formula is C20H25N3O3S. The van der Waals surface area contributed by atoms with Gasteiger partial charge in [-0.2, -0.15) is 4.31 Å². The fourth-order valence-electron chi connectivity index (χ4n) is 3.96. The molecule has 6 nitrogen and oxygen atoms in total. The van der Waals surface area contributed by atoms with Crippen LogP contribution in [-0.4, -0.2) is 53.9 Å². The predicted molar refractivity (Wildman–Crippen MR) is 103 cm³/mol. The van der Waals surface area contributed by atoms with Gasteiger partial charge in [0.1, 0.15) is 16.2 Å². The van der Waals surface area contributed by atoms with E-state index in [-0.39, 0.29) is 10.9 Å².